The first-order chi connectivity index (χ1) is 11.5. The van der Waals surface area contributed by atoms with E-state index in [0.29, 0.717) is 16.5 Å². The molecular formula is C18H15N3O2S. The first kappa shape index (κ1) is 16.0. The summed E-state index contributed by atoms with van der Waals surface area (Å²) >= 11 is 1.44. The van der Waals surface area contributed by atoms with Gasteiger partial charge in [-0.2, -0.15) is 5.26 Å². The van der Waals surface area contributed by atoms with E-state index in [1.54, 1.807) is 0 Å². The first-order valence-electron chi connectivity index (χ1n) is 7.30. The summed E-state index contributed by atoms with van der Waals surface area (Å²) in [6, 6.07) is 9.81. The van der Waals surface area contributed by atoms with Crippen molar-refractivity contribution in [2.24, 2.45) is 4.99 Å². The summed E-state index contributed by atoms with van der Waals surface area (Å²) < 4.78 is 5.31. The van der Waals surface area contributed by atoms with E-state index < -0.39 is 0 Å². The average Bonchev–Trinajstić information content (AvgIpc) is 3.06. The molecule has 0 spiro atoms. The maximum atomic E-state index is 9.93. The summed E-state index contributed by atoms with van der Waals surface area (Å²) in [7, 11) is 0. The third-order valence-electron chi connectivity index (χ3n) is 3.72. The number of nitrogens with zero attached hydrogens (tertiary/aromatic N) is 3. The van der Waals surface area contributed by atoms with Crippen molar-refractivity contribution in [3.63, 3.8) is 0 Å². The van der Waals surface area contributed by atoms with Crippen molar-refractivity contribution < 1.29 is 9.52 Å². The lowest BCUT2D eigenvalue weighted by Gasteiger charge is -1.95. The Morgan fingerprint density at radius 3 is 2.62 bits per heavy atom. The molecule has 0 unspecified atom stereocenters. The highest BCUT2D eigenvalue weighted by molar-refractivity contribution is 7.16. The number of benzene rings is 1. The Labute approximate surface area is 143 Å². The summed E-state index contributed by atoms with van der Waals surface area (Å²) in [5, 5.41) is 19.8. The molecule has 0 radical (unpaired) electrons. The van der Waals surface area contributed by atoms with E-state index in [9.17, 15) is 10.4 Å². The van der Waals surface area contributed by atoms with E-state index in [2.05, 4.69) is 16.0 Å². The van der Waals surface area contributed by atoms with Crippen molar-refractivity contribution >= 4 is 22.6 Å². The number of rotatable bonds is 3. The van der Waals surface area contributed by atoms with Crippen molar-refractivity contribution in [3.8, 4) is 23.5 Å². The molecule has 1 aromatic carbocycles. The Hall–Kier alpha value is -2.91. The third kappa shape index (κ3) is 2.94. The molecule has 3 aromatic rings. The second-order valence-electron chi connectivity index (χ2n) is 5.41. The summed E-state index contributed by atoms with van der Waals surface area (Å²) in [4.78, 5) is 9.61. The fourth-order valence-corrected chi connectivity index (χ4v) is 3.13. The highest BCUT2D eigenvalue weighted by Crippen LogP contribution is 2.34. The van der Waals surface area contributed by atoms with Crippen molar-refractivity contribution in [2.45, 2.75) is 20.8 Å². The SMILES string of the molecule is Cc1ccc(-c2nc(/C=N/c3sc(C)c(C)c3C#N)c(O)o2)cc1. The number of hydrogen-bond donors (Lipinski definition) is 1. The fourth-order valence-electron chi connectivity index (χ4n) is 2.18. The predicted molar refractivity (Wildman–Crippen MR) is 94.1 cm³/mol. The van der Waals surface area contributed by atoms with Crippen LogP contribution in [-0.2, 0) is 0 Å². The van der Waals surface area contributed by atoms with Crippen LogP contribution in [0, 0.1) is 32.1 Å². The van der Waals surface area contributed by atoms with E-state index in [0.717, 1.165) is 21.6 Å². The lowest BCUT2D eigenvalue weighted by Crippen LogP contribution is -1.83. The zero-order chi connectivity index (χ0) is 17.3. The Bertz CT molecular complexity index is 960. The molecule has 0 aliphatic heterocycles. The van der Waals surface area contributed by atoms with E-state index in [-0.39, 0.29) is 11.6 Å². The van der Waals surface area contributed by atoms with Crippen molar-refractivity contribution in [3.05, 3.63) is 51.5 Å². The van der Waals surface area contributed by atoms with Crippen LogP contribution in [0.15, 0.2) is 33.7 Å². The molecule has 0 atom stereocenters. The van der Waals surface area contributed by atoms with Crippen LogP contribution in [0.25, 0.3) is 11.5 Å². The van der Waals surface area contributed by atoms with Crippen molar-refractivity contribution in [1.82, 2.24) is 4.98 Å². The molecule has 0 amide bonds. The van der Waals surface area contributed by atoms with Crippen molar-refractivity contribution in [2.75, 3.05) is 0 Å². The highest BCUT2D eigenvalue weighted by Gasteiger charge is 2.14. The monoisotopic (exact) mass is 337 g/mol. The standard InChI is InChI=1S/C18H15N3O2S/c1-10-4-6-13(7-5-10)16-21-15(18(22)23-16)9-20-17-14(8-19)11(2)12(3)24-17/h4-7,9,22H,1-3H3/b20-9+. The van der Waals surface area contributed by atoms with Crippen LogP contribution >= 0.6 is 11.3 Å². The van der Waals surface area contributed by atoms with Crippen LogP contribution in [0.4, 0.5) is 5.00 Å². The predicted octanol–water partition coefficient (Wildman–Crippen LogP) is 4.66. The van der Waals surface area contributed by atoms with Gasteiger partial charge in [-0.05, 0) is 38.5 Å². The van der Waals surface area contributed by atoms with E-state index in [4.69, 9.17) is 4.42 Å². The maximum absolute atomic E-state index is 9.93. The van der Waals surface area contributed by atoms with Crippen LogP contribution in [-0.4, -0.2) is 16.3 Å². The lowest BCUT2D eigenvalue weighted by atomic mass is 10.1. The number of nitriles is 1. The Morgan fingerprint density at radius 2 is 1.96 bits per heavy atom. The van der Waals surface area contributed by atoms with E-state index in [1.165, 1.54) is 17.6 Å². The van der Waals surface area contributed by atoms with Gasteiger partial charge in [0, 0.05) is 10.4 Å². The number of thiophene rings is 1. The number of aryl methyl sites for hydroxylation is 2. The largest absolute Gasteiger partial charge is 0.479 e. The minimum Gasteiger partial charge on any atom is -0.479 e. The molecule has 1 N–H and O–H groups in total. The average molecular weight is 337 g/mol. The Kier molecular flexibility index (Phi) is 4.19. The van der Waals surface area contributed by atoms with Crippen LogP contribution in [0.3, 0.4) is 0 Å². The van der Waals surface area contributed by atoms with Crippen LogP contribution < -0.4 is 0 Å². The Morgan fingerprint density at radius 1 is 1.25 bits per heavy atom. The number of oxazole rings is 1. The van der Waals surface area contributed by atoms with Crippen LogP contribution in [0.1, 0.15) is 27.3 Å². The number of aromatic nitrogens is 1. The number of hydrogen-bond acceptors (Lipinski definition) is 6. The molecule has 120 valence electrons. The van der Waals surface area contributed by atoms with Gasteiger partial charge in [0.15, 0.2) is 5.69 Å². The van der Waals surface area contributed by atoms with Crippen LogP contribution in [0.2, 0.25) is 0 Å². The van der Waals surface area contributed by atoms with Gasteiger partial charge in [0.05, 0.1) is 11.8 Å². The topological polar surface area (TPSA) is 82.4 Å². The molecule has 0 saturated heterocycles. The Balaban J connectivity index is 1.93. The molecule has 0 aliphatic carbocycles. The van der Waals surface area contributed by atoms with Gasteiger partial charge in [-0.3, -0.25) is 0 Å². The van der Waals surface area contributed by atoms with E-state index in [1.807, 2.05) is 45.0 Å². The summed E-state index contributed by atoms with van der Waals surface area (Å²) in [6.45, 7) is 5.84. The van der Waals surface area contributed by atoms with Crippen LogP contribution in [0.5, 0.6) is 5.95 Å². The van der Waals surface area contributed by atoms with Gasteiger partial charge in [-0.15, -0.1) is 11.3 Å². The van der Waals surface area contributed by atoms with E-state index >= 15 is 0 Å². The molecule has 2 aromatic heterocycles. The molecule has 0 fully saturated rings. The minimum absolute atomic E-state index is 0.234. The van der Waals surface area contributed by atoms with Crippen molar-refractivity contribution in [1.29, 1.82) is 5.26 Å². The fraction of sp³-hybridized carbons (Fsp3) is 0.167. The second kappa shape index (κ2) is 6.30. The quantitative estimate of drug-likeness (QED) is 0.705. The first-order valence-corrected chi connectivity index (χ1v) is 8.12. The molecule has 0 aliphatic rings. The summed E-state index contributed by atoms with van der Waals surface area (Å²) in [6.07, 6.45) is 1.42. The number of aliphatic imine (C=N–C) groups is 1. The molecule has 2 heterocycles. The smallest absolute Gasteiger partial charge is 0.312 e. The van der Waals surface area contributed by atoms with Gasteiger partial charge in [-0.25, -0.2) is 9.98 Å². The second-order valence-corrected chi connectivity index (χ2v) is 6.61. The molecule has 5 nitrogen and oxygen atoms in total. The lowest BCUT2D eigenvalue weighted by molar-refractivity contribution is 0.337. The molecule has 0 saturated carbocycles. The minimum atomic E-state index is -0.294. The molecule has 3 rings (SSSR count). The zero-order valence-corrected chi connectivity index (χ0v) is 14.3. The normalized spacial score (nSPS) is 11.1. The van der Waals surface area contributed by atoms with Gasteiger partial charge in [0.2, 0.25) is 5.89 Å². The van der Waals surface area contributed by atoms with Gasteiger partial charge in [0.25, 0.3) is 0 Å². The number of aromatic hydroxyl groups is 1. The van der Waals surface area contributed by atoms with Gasteiger partial charge in [-0.1, -0.05) is 17.7 Å². The molecule has 0 bridgehead atoms. The molecular weight excluding hydrogens is 322 g/mol. The highest BCUT2D eigenvalue weighted by atomic mass is 32.1. The van der Waals surface area contributed by atoms with Gasteiger partial charge in [0.1, 0.15) is 11.1 Å². The maximum Gasteiger partial charge on any atom is 0.312 e. The molecule has 6 heteroatoms. The van der Waals surface area contributed by atoms with Gasteiger partial charge >= 0.3 is 5.95 Å². The third-order valence-corrected chi connectivity index (χ3v) is 4.83. The van der Waals surface area contributed by atoms with Gasteiger partial charge < -0.3 is 9.52 Å². The zero-order valence-electron chi connectivity index (χ0n) is 13.5. The summed E-state index contributed by atoms with van der Waals surface area (Å²) in [5.41, 5.74) is 3.62. The molecule has 24 heavy (non-hydrogen) atoms. The summed E-state index contributed by atoms with van der Waals surface area (Å²) in [5.74, 6) is 0.0332.